The van der Waals surface area contributed by atoms with Crippen molar-refractivity contribution in [1.82, 2.24) is 19.9 Å². The third kappa shape index (κ3) is 5.00. The smallest absolute Gasteiger partial charge is 0.316 e. The molecule has 0 spiro atoms. The number of amides is 1. The van der Waals surface area contributed by atoms with Crippen molar-refractivity contribution in [2.24, 2.45) is 0 Å². The molecular weight excluding hydrogens is 468 g/mol. The van der Waals surface area contributed by atoms with Gasteiger partial charge in [-0.15, -0.1) is 0 Å². The molecule has 0 unspecified atom stereocenters. The van der Waals surface area contributed by atoms with Gasteiger partial charge in [-0.1, -0.05) is 6.07 Å². The Morgan fingerprint density at radius 1 is 1.00 bits per heavy atom. The van der Waals surface area contributed by atoms with E-state index in [-0.39, 0.29) is 36.0 Å². The molecule has 8 nitrogen and oxygen atoms in total. The minimum Gasteiger partial charge on any atom is -0.460 e. The third-order valence-corrected chi connectivity index (χ3v) is 5.79. The Kier molecular flexibility index (Phi) is 5.73. The molecule has 0 bridgehead atoms. The van der Waals surface area contributed by atoms with Crippen LogP contribution < -0.4 is 15.0 Å². The first-order chi connectivity index (χ1) is 16.7. The van der Waals surface area contributed by atoms with Crippen LogP contribution in [0, 0.1) is 0 Å². The van der Waals surface area contributed by atoms with Crippen molar-refractivity contribution in [3.05, 3.63) is 54.6 Å². The van der Waals surface area contributed by atoms with Gasteiger partial charge in [-0.3, -0.25) is 9.78 Å². The SMILES string of the molecule is O=C(Nc1c(-c2ccccn2)ccnc1N1CCC(F)(F)C1)c1cnc(OC2CC(F)(F)C2)nc1. The van der Waals surface area contributed by atoms with Gasteiger partial charge in [0.15, 0.2) is 5.82 Å². The Balaban J connectivity index is 1.40. The molecule has 1 amide bonds. The van der Waals surface area contributed by atoms with Crippen LogP contribution in [-0.2, 0) is 0 Å². The second-order valence-corrected chi connectivity index (χ2v) is 8.51. The molecule has 1 aliphatic heterocycles. The monoisotopic (exact) mass is 488 g/mol. The van der Waals surface area contributed by atoms with Gasteiger partial charge in [-0.05, 0) is 18.2 Å². The minimum atomic E-state index is -2.86. The summed E-state index contributed by atoms with van der Waals surface area (Å²) in [5.74, 6) is -6.01. The lowest BCUT2D eigenvalue weighted by Gasteiger charge is -2.33. The standard InChI is InChI=1S/C23H20F4N6O2/c24-22(25)5-8-33(13-22)19-18(16(4-7-29-19)17-3-1-2-6-28-17)32-20(34)14-11-30-21(31-12-14)35-15-9-23(26,27)10-15/h1-4,6-7,11-12,15H,5,8-10,13H2,(H,32,34). The number of rotatable bonds is 6. The summed E-state index contributed by atoms with van der Waals surface area (Å²) in [6.07, 6.45) is 3.65. The molecule has 3 aromatic heterocycles. The van der Waals surface area contributed by atoms with E-state index in [1.54, 1.807) is 30.5 Å². The lowest BCUT2D eigenvalue weighted by molar-refractivity contribution is -0.136. The van der Waals surface area contributed by atoms with E-state index in [2.05, 4.69) is 25.3 Å². The van der Waals surface area contributed by atoms with E-state index in [4.69, 9.17) is 4.74 Å². The maximum Gasteiger partial charge on any atom is 0.316 e. The lowest BCUT2D eigenvalue weighted by Crippen LogP contribution is -2.43. The van der Waals surface area contributed by atoms with Crippen LogP contribution in [0.25, 0.3) is 11.3 Å². The van der Waals surface area contributed by atoms with Crippen LogP contribution in [0.2, 0.25) is 0 Å². The molecule has 3 aromatic rings. The molecule has 4 heterocycles. The maximum atomic E-state index is 13.9. The molecule has 12 heteroatoms. The molecule has 0 radical (unpaired) electrons. The van der Waals surface area contributed by atoms with Gasteiger partial charge in [0.1, 0.15) is 6.10 Å². The molecular formula is C23H20F4N6O2. The zero-order chi connectivity index (χ0) is 24.6. The van der Waals surface area contributed by atoms with Crippen LogP contribution in [0.4, 0.5) is 29.1 Å². The van der Waals surface area contributed by atoms with Crippen molar-refractivity contribution >= 4 is 17.4 Å². The minimum absolute atomic E-state index is 0.0600. The number of carbonyl (C=O) groups excluding carboxylic acids is 1. The molecule has 2 aliphatic rings. The summed E-state index contributed by atoms with van der Waals surface area (Å²) in [5, 5.41) is 2.74. The fourth-order valence-electron chi connectivity index (χ4n) is 3.98. The van der Waals surface area contributed by atoms with E-state index < -0.39 is 43.2 Å². The van der Waals surface area contributed by atoms with Gasteiger partial charge < -0.3 is 15.0 Å². The highest BCUT2D eigenvalue weighted by Crippen LogP contribution is 2.40. The van der Waals surface area contributed by atoms with Crippen LogP contribution >= 0.6 is 0 Å². The van der Waals surface area contributed by atoms with Gasteiger partial charge in [0.25, 0.3) is 17.8 Å². The average molecular weight is 488 g/mol. The number of anilines is 2. The van der Waals surface area contributed by atoms with Crippen molar-refractivity contribution in [1.29, 1.82) is 0 Å². The summed E-state index contributed by atoms with van der Waals surface area (Å²) >= 11 is 0. The number of ether oxygens (including phenoxy) is 1. The summed E-state index contributed by atoms with van der Waals surface area (Å²) in [5.41, 5.74) is 1.32. The maximum absolute atomic E-state index is 13.9. The third-order valence-electron chi connectivity index (χ3n) is 5.79. The van der Waals surface area contributed by atoms with Gasteiger partial charge >= 0.3 is 6.01 Å². The van der Waals surface area contributed by atoms with Crippen LogP contribution in [-0.4, -0.2) is 56.9 Å². The molecule has 182 valence electrons. The zero-order valence-electron chi connectivity index (χ0n) is 18.3. The Hall–Kier alpha value is -3.83. The molecule has 1 saturated carbocycles. The number of hydrogen-bond donors (Lipinski definition) is 1. The number of aromatic nitrogens is 4. The highest BCUT2D eigenvalue weighted by Gasteiger charge is 2.47. The molecule has 0 atom stereocenters. The number of carbonyl (C=O) groups is 1. The average Bonchev–Trinajstić information content (AvgIpc) is 3.18. The van der Waals surface area contributed by atoms with Crippen LogP contribution in [0.5, 0.6) is 6.01 Å². The predicted octanol–water partition coefficient (Wildman–Crippen LogP) is 4.21. The fraction of sp³-hybridized carbons (Fsp3) is 0.348. The van der Waals surface area contributed by atoms with E-state index in [1.807, 2.05) is 0 Å². The Morgan fingerprint density at radius 2 is 1.77 bits per heavy atom. The Bertz CT molecular complexity index is 1220. The first kappa shape index (κ1) is 22.9. The van der Waals surface area contributed by atoms with Crippen LogP contribution in [0.15, 0.2) is 49.1 Å². The Morgan fingerprint density at radius 3 is 2.40 bits per heavy atom. The predicted molar refractivity (Wildman–Crippen MR) is 118 cm³/mol. The quantitative estimate of drug-likeness (QED) is 0.520. The van der Waals surface area contributed by atoms with Crippen LogP contribution in [0.3, 0.4) is 0 Å². The van der Waals surface area contributed by atoms with Gasteiger partial charge in [-0.2, -0.15) is 0 Å². The van der Waals surface area contributed by atoms with Crippen LogP contribution in [0.1, 0.15) is 29.6 Å². The summed E-state index contributed by atoms with van der Waals surface area (Å²) < 4.78 is 59.1. The van der Waals surface area contributed by atoms with Crippen molar-refractivity contribution in [2.75, 3.05) is 23.3 Å². The number of hydrogen-bond acceptors (Lipinski definition) is 7. The Labute approximate surface area is 197 Å². The van der Waals surface area contributed by atoms with E-state index >= 15 is 0 Å². The normalized spacial score (nSPS) is 18.7. The van der Waals surface area contributed by atoms with Gasteiger partial charge in [0, 0.05) is 56.2 Å². The topological polar surface area (TPSA) is 93.1 Å². The number of nitrogens with one attached hydrogen (secondary N) is 1. The van der Waals surface area contributed by atoms with Gasteiger partial charge in [0.2, 0.25) is 0 Å². The molecule has 35 heavy (non-hydrogen) atoms. The summed E-state index contributed by atoms with van der Waals surface area (Å²) in [4.78, 5) is 30.9. The van der Waals surface area contributed by atoms with Crippen molar-refractivity contribution in [3.8, 4) is 17.3 Å². The summed E-state index contributed by atoms with van der Waals surface area (Å²) in [7, 11) is 0. The summed E-state index contributed by atoms with van der Waals surface area (Å²) in [6, 6.07) is 6.75. The number of nitrogens with zero attached hydrogens (tertiary/aromatic N) is 5. The number of pyridine rings is 2. The molecule has 5 rings (SSSR count). The second kappa shape index (κ2) is 8.75. The van der Waals surface area contributed by atoms with E-state index in [9.17, 15) is 22.4 Å². The van der Waals surface area contributed by atoms with Gasteiger partial charge in [0.05, 0.1) is 23.5 Å². The lowest BCUT2D eigenvalue weighted by atomic mass is 9.91. The number of alkyl halides is 4. The van der Waals surface area contributed by atoms with E-state index in [0.29, 0.717) is 11.3 Å². The van der Waals surface area contributed by atoms with E-state index in [1.165, 1.54) is 23.5 Å². The molecule has 0 aromatic carbocycles. The largest absolute Gasteiger partial charge is 0.460 e. The second-order valence-electron chi connectivity index (χ2n) is 8.51. The van der Waals surface area contributed by atoms with Crippen molar-refractivity contribution in [3.63, 3.8) is 0 Å². The highest BCUT2D eigenvalue weighted by atomic mass is 19.3. The molecule has 1 aliphatic carbocycles. The van der Waals surface area contributed by atoms with Crippen molar-refractivity contribution in [2.45, 2.75) is 37.2 Å². The fourth-order valence-corrected chi connectivity index (χ4v) is 3.98. The highest BCUT2D eigenvalue weighted by molar-refractivity contribution is 6.07. The molecule has 1 saturated heterocycles. The molecule has 2 fully saturated rings. The molecule has 1 N–H and O–H groups in total. The number of halogens is 4. The first-order valence-electron chi connectivity index (χ1n) is 10.9. The van der Waals surface area contributed by atoms with E-state index in [0.717, 1.165) is 0 Å². The first-order valence-corrected chi connectivity index (χ1v) is 10.9. The van der Waals surface area contributed by atoms with Crippen molar-refractivity contribution < 1.29 is 27.1 Å². The summed E-state index contributed by atoms with van der Waals surface area (Å²) in [6.45, 7) is -0.451. The van der Waals surface area contributed by atoms with Gasteiger partial charge in [-0.25, -0.2) is 32.5 Å². The zero-order valence-corrected chi connectivity index (χ0v) is 18.3.